The van der Waals surface area contributed by atoms with Gasteiger partial charge < -0.3 is 35.8 Å². The molecule has 13 heteroatoms. The first-order valence-corrected chi connectivity index (χ1v) is 12.1. The molecule has 3 aromatic carbocycles. The molecule has 208 valence electrons. The summed E-state index contributed by atoms with van der Waals surface area (Å²) in [6.45, 7) is -0.918. The summed E-state index contributed by atoms with van der Waals surface area (Å²) in [6.07, 6.45) is 0. The number of nitrogens with two attached hydrogens (primary N) is 1. The quantitative estimate of drug-likeness (QED) is 0.0997. The third-order valence-electron chi connectivity index (χ3n) is 5.54. The van der Waals surface area contributed by atoms with Gasteiger partial charge in [-0.1, -0.05) is 23.7 Å². The van der Waals surface area contributed by atoms with Crippen LogP contribution in [0.5, 0.6) is 5.75 Å². The Morgan fingerprint density at radius 2 is 1.68 bits per heavy atom. The van der Waals surface area contributed by atoms with E-state index in [0.717, 1.165) is 4.90 Å². The monoisotopic (exact) mass is 567 g/mol. The van der Waals surface area contributed by atoms with Crippen molar-refractivity contribution in [1.29, 1.82) is 5.41 Å². The standard InChI is InChI=1S/C27H26ClN5O7/c1-32(14-23(34)33(15-24(35)36)13-16-3-2-4-18(11-16)25(37)38)22-10-9-20(12-21(22)28)40-26(39)17-5-7-19(8-6-17)31-27(29)30/h2-12H,13-15H2,1H3,(H,35,36)(H,37,38)(H4,29,30,31). The SMILES string of the molecule is CN(CC(=O)N(CC(=O)O)Cc1cccc(C(=O)O)c1)c1ccc(OC(=O)c2ccc(NC(=N)N)cc2)cc1Cl. The molecule has 40 heavy (non-hydrogen) atoms. The van der Waals surface area contributed by atoms with Gasteiger partial charge in [-0.05, 0) is 54.1 Å². The van der Waals surface area contributed by atoms with Crippen LogP contribution in [0.25, 0.3) is 0 Å². The van der Waals surface area contributed by atoms with Crippen molar-refractivity contribution < 1.29 is 34.1 Å². The maximum atomic E-state index is 13.0. The number of aliphatic carboxylic acids is 1. The number of ether oxygens (including phenoxy) is 1. The number of hydrogen-bond donors (Lipinski definition) is 5. The van der Waals surface area contributed by atoms with Crippen LogP contribution < -0.4 is 20.7 Å². The number of rotatable bonds is 11. The summed E-state index contributed by atoms with van der Waals surface area (Å²) < 4.78 is 5.38. The number of esters is 1. The number of halogens is 1. The number of aromatic carboxylic acids is 1. The van der Waals surface area contributed by atoms with Crippen LogP contribution in [0.3, 0.4) is 0 Å². The number of carbonyl (C=O) groups is 4. The Bertz CT molecular complexity index is 1450. The van der Waals surface area contributed by atoms with Gasteiger partial charge in [-0.25, -0.2) is 9.59 Å². The molecule has 0 aliphatic carbocycles. The first kappa shape index (κ1) is 29.5. The van der Waals surface area contributed by atoms with Crippen molar-refractivity contribution in [2.75, 3.05) is 30.4 Å². The summed E-state index contributed by atoms with van der Waals surface area (Å²) >= 11 is 6.40. The second-order valence-corrected chi connectivity index (χ2v) is 9.03. The number of guanidine groups is 1. The topological polar surface area (TPSA) is 186 Å². The van der Waals surface area contributed by atoms with E-state index in [-0.39, 0.29) is 40.9 Å². The van der Waals surface area contributed by atoms with Crippen molar-refractivity contribution in [3.05, 3.63) is 88.4 Å². The van der Waals surface area contributed by atoms with Gasteiger partial charge in [-0.3, -0.25) is 15.0 Å². The Labute approximate surface area is 234 Å². The van der Waals surface area contributed by atoms with Crippen LogP contribution in [0.2, 0.25) is 5.02 Å². The zero-order valence-corrected chi connectivity index (χ0v) is 22.0. The molecule has 1 amide bonds. The molecule has 0 unspecified atom stereocenters. The number of carbonyl (C=O) groups excluding carboxylic acids is 2. The number of anilines is 2. The fourth-order valence-electron chi connectivity index (χ4n) is 3.68. The minimum Gasteiger partial charge on any atom is -0.480 e. The van der Waals surface area contributed by atoms with Crippen LogP contribution in [0.1, 0.15) is 26.3 Å². The van der Waals surface area contributed by atoms with E-state index in [1.54, 1.807) is 31.3 Å². The highest BCUT2D eigenvalue weighted by molar-refractivity contribution is 6.33. The van der Waals surface area contributed by atoms with E-state index in [4.69, 9.17) is 27.5 Å². The van der Waals surface area contributed by atoms with Gasteiger partial charge in [0, 0.05) is 25.3 Å². The lowest BCUT2D eigenvalue weighted by atomic mass is 10.1. The lowest BCUT2D eigenvalue weighted by Crippen LogP contribution is -2.41. The first-order valence-electron chi connectivity index (χ1n) is 11.7. The molecule has 0 aliphatic heterocycles. The zero-order chi connectivity index (χ0) is 29.4. The molecule has 0 radical (unpaired) electrons. The van der Waals surface area contributed by atoms with Crippen LogP contribution in [0.15, 0.2) is 66.7 Å². The van der Waals surface area contributed by atoms with Crippen LogP contribution >= 0.6 is 11.6 Å². The van der Waals surface area contributed by atoms with Gasteiger partial charge in [0.25, 0.3) is 0 Å². The maximum absolute atomic E-state index is 13.0. The summed E-state index contributed by atoms with van der Waals surface area (Å²) in [7, 11) is 1.59. The number of nitrogens with zero attached hydrogens (tertiary/aromatic N) is 2. The summed E-state index contributed by atoms with van der Waals surface area (Å²) in [4.78, 5) is 50.8. The molecular weight excluding hydrogens is 542 g/mol. The van der Waals surface area contributed by atoms with E-state index in [1.165, 1.54) is 47.4 Å². The third kappa shape index (κ3) is 8.20. The van der Waals surface area contributed by atoms with Crippen LogP contribution in [0, 0.1) is 5.41 Å². The zero-order valence-electron chi connectivity index (χ0n) is 21.3. The van der Waals surface area contributed by atoms with Gasteiger partial charge in [0.2, 0.25) is 5.91 Å². The molecular formula is C27H26ClN5O7. The number of benzene rings is 3. The molecule has 0 aliphatic rings. The van der Waals surface area contributed by atoms with E-state index in [1.807, 2.05) is 0 Å². The number of amides is 1. The summed E-state index contributed by atoms with van der Waals surface area (Å²) in [6, 6.07) is 16.5. The molecule has 0 aromatic heterocycles. The highest BCUT2D eigenvalue weighted by atomic mass is 35.5. The predicted molar refractivity (Wildman–Crippen MR) is 148 cm³/mol. The fraction of sp³-hybridized carbons (Fsp3) is 0.148. The lowest BCUT2D eigenvalue weighted by molar-refractivity contribution is -0.144. The smallest absolute Gasteiger partial charge is 0.343 e. The maximum Gasteiger partial charge on any atom is 0.343 e. The predicted octanol–water partition coefficient (Wildman–Crippen LogP) is 3.11. The Kier molecular flexibility index (Phi) is 9.66. The molecule has 3 rings (SSSR count). The largest absolute Gasteiger partial charge is 0.480 e. The highest BCUT2D eigenvalue weighted by Crippen LogP contribution is 2.30. The highest BCUT2D eigenvalue weighted by Gasteiger charge is 2.21. The average Bonchev–Trinajstić information content (AvgIpc) is 2.88. The van der Waals surface area contributed by atoms with Gasteiger partial charge in [0.15, 0.2) is 5.96 Å². The van der Waals surface area contributed by atoms with E-state index < -0.39 is 30.4 Å². The van der Waals surface area contributed by atoms with Gasteiger partial charge >= 0.3 is 17.9 Å². The van der Waals surface area contributed by atoms with E-state index in [2.05, 4.69) is 5.32 Å². The number of carboxylic acid groups (broad SMARTS) is 2. The van der Waals surface area contributed by atoms with Crippen LogP contribution in [0.4, 0.5) is 11.4 Å². The molecule has 0 fully saturated rings. The third-order valence-corrected chi connectivity index (χ3v) is 5.84. The molecule has 6 N–H and O–H groups in total. The normalized spacial score (nSPS) is 10.3. The number of likely N-dealkylation sites (N-methyl/N-ethyl adjacent to an activating group) is 1. The van der Waals surface area contributed by atoms with Gasteiger partial charge in [0.1, 0.15) is 12.3 Å². The van der Waals surface area contributed by atoms with Crippen molar-refractivity contribution >= 4 is 52.8 Å². The molecule has 0 saturated heterocycles. The molecule has 12 nitrogen and oxygen atoms in total. The first-order chi connectivity index (χ1) is 18.9. The molecule has 0 heterocycles. The molecule has 0 spiro atoms. The van der Waals surface area contributed by atoms with Crippen molar-refractivity contribution in [3.63, 3.8) is 0 Å². The molecule has 3 aromatic rings. The van der Waals surface area contributed by atoms with Crippen molar-refractivity contribution in [3.8, 4) is 5.75 Å². The number of nitrogens with one attached hydrogen (secondary N) is 2. The lowest BCUT2D eigenvalue weighted by Gasteiger charge is -2.26. The second-order valence-electron chi connectivity index (χ2n) is 8.62. The van der Waals surface area contributed by atoms with E-state index in [0.29, 0.717) is 16.9 Å². The molecule has 0 bridgehead atoms. The Hall–Kier alpha value is -5.10. The van der Waals surface area contributed by atoms with Crippen molar-refractivity contribution in [1.82, 2.24) is 4.90 Å². The fourth-order valence-corrected chi connectivity index (χ4v) is 3.99. The van der Waals surface area contributed by atoms with Gasteiger partial charge in [0.05, 0.1) is 28.4 Å². The van der Waals surface area contributed by atoms with Crippen molar-refractivity contribution in [2.24, 2.45) is 5.73 Å². The minimum atomic E-state index is -1.22. The second kappa shape index (κ2) is 13.1. The summed E-state index contributed by atoms with van der Waals surface area (Å²) in [5, 5.41) is 28.5. The van der Waals surface area contributed by atoms with Crippen molar-refractivity contribution in [2.45, 2.75) is 6.54 Å². The molecule has 0 saturated carbocycles. The average molecular weight is 568 g/mol. The Morgan fingerprint density at radius 1 is 0.975 bits per heavy atom. The Morgan fingerprint density at radius 3 is 2.27 bits per heavy atom. The van der Waals surface area contributed by atoms with Gasteiger partial charge in [-0.2, -0.15) is 0 Å². The number of hydrogen-bond acceptors (Lipinski definition) is 7. The summed E-state index contributed by atoms with van der Waals surface area (Å²) in [5.74, 6) is -3.61. The Balaban J connectivity index is 1.67. The summed E-state index contributed by atoms with van der Waals surface area (Å²) in [5.41, 5.74) is 6.98. The van der Waals surface area contributed by atoms with Crippen LogP contribution in [-0.4, -0.2) is 65.0 Å². The van der Waals surface area contributed by atoms with E-state index in [9.17, 15) is 29.4 Å². The van der Waals surface area contributed by atoms with Gasteiger partial charge in [-0.15, -0.1) is 0 Å². The van der Waals surface area contributed by atoms with E-state index >= 15 is 0 Å². The van der Waals surface area contributed by atoms with Crippen LogP contribution in [-0.2, 0) is 16.1 Å². The number of carboxylic acids is 2. The minimum absolute atomic E-state index is 0.0203. The molecule has 0 atom stereocenters.